The van der Waals surface area contributed by atoms with Crippen molar-refractivity contribution in [1.29, 1.82) is 0 Å². The molecule has 0 atom stereocenters. The highest BCUT2D eigenvalue weighted by molar-refractivity contribution is 6.03. The van der Waals surface area contributed by atoms with Crippen molar-refractivity contribution >= 4 is 56.5 Å². The van der Waals surface area contributed by atoms with E-state index in [1.165, 1.54) is 11.1 Å². The Morgan fingerprint density at radius 3 is 0.833 bits per heavy atom. The van der Waals surface area contributed by atoms with Crippen LogP contribution in [0.1, 0.15) is 0 Å². The van der Waals surface area contributed by atoms with Gasteiger partial charge in [-0.2, -0.15) is 0 Å². The summed E-state index contributed by atoms with van der Waals surface area (Å²) in [5, 5.41) is 0. The zero-order chi connectivity index (χ0) is 59.7. The number of pyridine rings is 2. The Kier molecular flexibility index (Phi) is 13.7. The maximum atomic E-state index is 5.87. The number of imidazole rings is 2. The van der Waals surface area contributed by atoms with E-state index in [-0.39, 0.29) is 0 Å². The fraction of sp³-hybridized carbons (Fsp3) is 0. The summed E-state index contributed by atoms with van der Waals surface area (Å²) in [6.45, 7) is 0. The monoisotopic (exact) mass is 1150 g/mol. The van der Waals surface area contributed by atoms with E-state index >= 15 is 0 Å². The van der Waals surface area contributed by atoms with Gasteiger partial charge in [0.15, 0.2) is 0 Å². The Hall–Kier alpha value is -12.3. The summed E-state index contributed by atoms with van der Waals surface area (Å²) in [6, 6.07) is 111. The van der Waals surface area contributed by atoms with E-state index in [0.717, 1.165) is 135 Å². The normalized spacial score (nSPS) is 11.3. The number of para-hydroxylation sites is 2. The SMILES string of the molecule is c1ccc(-c2ccc(-c3ccc(-c4ccc(-c5ccccc5)cc4)c4nc(-c5ccc(N(c6ccccc6)c6ccc(-c7cn8ccccc8n7)cc6)cc5)c(-c5ccc(N(c6ccccc6)c6ccc(-c7cn8ccccc8n7)cc6)cc5)nc34)cc2)cc1. The summed E-state index contributed by atoms with van der Waals surface area (Å²) in [5.74, 6) is 0. The van der Waals surface area contributed by atoms with Crippen molar-refractivity contribution in [3.63, 3.8) is 0 Å². The molecule has 0 unspecified atom stereocenters. The molecule has 0 aliphatic heterocycles. The van der Waals surface area contributed by atoms with Gasteiger partial charge in [-0.1, -0.05) is 218 Å². The van der Waals surface area contributed by atoms with Crippen LogP contribution in [0.25, 0.3) is 112 Å². The molecule has 8 nitrogen and oxygen atoms in total. The van der Waals surface area contributed by atoms with Crippen molar-refractivity contribution in [2.45, 2.75) is 0 Å². The molecular weight excluding hydrogens is 1100 g/mol. The Balaban J connectivity index is 0.842. The molecule has 8 heteroatoms. The molecule has 0 amide bonds. The van der Waals surface area contributed by atoms with Crippen LogP contribution in [0.3, 0.4) is 0 Å². The highest BCUT2D eigenvalue weighted by atomic mass is 15.1. The molecule has 0 spiro atoms. The van der Waals surface area contributed by atoms with Gasteiger partial charge in [0.25, 0.3) is 0 Å². The van der Waals surface area contributed by atoms with Gasteiger partial charge in [-0.15, -0.1) is 0 Å². The standard InChI is InChI=1S/C82H56N8/c1-5-17-57(18-6-1)59-27-31-61(32-28-59)73-51-52-74(62-33-29-60(30-34-62)58-19-7-2-8-20-58)82-81(73)85-79(65-39-47-71(48-40-65)89(67-21-9-3-10-22-67)69-43-35-63(36-44-69)75-55-87-53-15-13-25-77(87)83-75)80(86-82)66-41-49-72(50-42-66)90(68-23-11-4-12-24-68)70-45-37-64(38-46-70)76-56-88-54-16-14-26-78(88)84-76/h1-56H. The van der Waals surface area contributed by atoms with Crippen LogP contribution in [0, 0.1) is 0 Å². The quantitative estimate of drug-likeness (QED) is 0.108. The molecule has 0 aliphatic carbocycles. The highest BCUT2D eigenvalue weighted by Crippen LogP contribution is 2.43. The Morgan fingerprint density at radius 2 is 0.489 bits per heavy atom. The van der Waals surface area contributed by atoms with Crippen molar-refractivity contribution in [1.82, 2.24) is 28.7 Å². The predicted octanol–water partition coefficient (Wildman–Crippen LogP) is 21.2. The maximum absolute atomic E-state index is 5.87. The number of anilines is 6. The lowest BCUT2D eigenvalue weighted by molar-refractivity contribution is 1.19. The smallest absolute Gasteiger partial charge is 0.137 e. The molecule has 0 saturated heterocycles. The summed E-state index contributed by atoms with van der Waals surface area (Å²) >= 11 is 0. The molecule has 0 N–H and O–H groups in total. The van der Waals surface area contributed by atoms with Crippen LogP contribution in [0.15, 0.2) is 340 Å². The third-order valence-corrected chi connectivity index (χ3v) is 16.8. The highest BCUT2D eigenvalue weighted by Gasteiger charge is 2.22. The van der Waals surface area contributed by atoms with Crippen LogP contribution in [-0.2, 0) is 0 Å². The van der Waals surface area contributed by atoms with Crippen molar-refractivity contribution in [2.75, 3.05) is 9.80 Å². The largest absolute Gasteiger partial charge is 0.311 e. The third kappa shape index (κ3) is 10.3. The van der Waals surface area contributed by atoms with E-state index in [9.17, 15) is 0 Å². The Morgan fingerprint density at radius 1 is 0.211 bits per heavy atom. The van der Waals surface area contributed by atoms with Gasteiger partial charge in [0.2, 0.25) is 0 Å². The molecule has 5 aromatic heterocycles. The van der Waals surface area contributed by atoms with E-state index in [0.29, 0.717) is 0 Å². The molecule has 0 aliphatic rings. The number of rotatable bonds is 14. The number of hydrogen-bond acceptors (Lipinski definition) is 6. The van der Waals surface area contributed by atoms with E-state index in [1.807, 2.05) is 48.8 Å². The van der Waals surface area contributed by atoms with Crippen LogP contribution in [-0.4, -0.2) is 28.7 Å². The molecule has 16 rings (SSSR count). The van der Waals surface area contributed by atoms with Crippen LogP contribution < -0.4 is 9.80 Å². The number of benzene rings is 11. The van der Waals surface area contributed by atoms with E-state index in [4.69, 9.17) is 19.9 Å². The topological polar surface area (TPSA) is 66.9 Å². The van der Waals surface area contributed by atoms with E-state index in [1.54, 1.807) is 0 Å². The van der Waals surface area contributed by atoms with E-state index in [2.05, 4.69) is 310 Å². The Bertz CT molecular complexity index is 4770. The number of hydrogen-bond donors (Lipinski definition) is 0. The maximum Gasteiger partial charge on any atom is 0.137 e. The zero-order valence-electron chi connectivity index (χ0n) is 48.9. The fourth-order valence-corrected chi connectivity index (χ4v) is 12.2. The molecule has 0 fully saturated rings. The van der Waals surface area contributed by atoms with Gasteiger partial charge in [0.05, 0.1) is 33.8 Å². The van der Waals surface area contributed by atoms with Crippen molar-refractivity contribution in [3.8, 4) is 89.5 Å². The first-order valence-electron chi connectivity index (χ1n) is 30.2. The van der Waals surface area contributed by atoms with Crippen LogP contribution >= 0.6 is 0 Å². The first-order valence-corrected chi connectivity index (χ1v) is 30.2. The van der Waals surface area contributed by atoms with Gasteiger partial charge in [-0.05, 0) is 130 Å². The van der Waals surface area contributed by atoms with Gasteiger partial charge in [-0.25, -0.2) is 19.9 Å². The summed E-state index contributed by atoms with van der Waals surface area (Å²) < 4.78 is 4.11. The van der Waals surface area contributed by atoms with Crippen LogP contribution in [0.5, 0.6) is 0 Å². The molecule has 90 heavy (non-hydrogen) atoms. The molecule has 0 radical (unpaired) electrons. The second-order valence-corrected chi connectivity index (χ2v) is 22.4. The first-order chi connectivity index (χ1) is 44.6. The molecule has 0 saturated carbocycles. The minimum absolute atomic E-state index is 0.769. The number of nitrogens with zero attached hydrogens (tertiary/aromatic N) is 8. The molecule has 16 aromatic rings. The lowest BCUT2D eigenvalue weighted by atomic mass is 9.94. The van der Waals surface area contributed by atoms with Gasteiger partial charge in [-0.3, -0.25) is 0 Å². The van der Waals surface area contributed by atoms with Crippen LogP contribution in [0.2, 0.25) is 0 Å². The molecule has 424 valence electrons. The van der Waals surface area contributed by atoms with Crippen LogP contribution in [0.4, 0.5) is 34.1 Å². The fourth-order valence-electron chi connectivity index (χ4n) is 12.2. The van der Waals surface area contributed by atoms with Gasteiger partial charge >= 0.3 is 0 Å². The minimum Gasteiger partial charge on any atom is -0.311 e. The predicted molar refractivity (Wildman–Crippen MR) is 370 cm³/mol. The molecule has 5 heterocycles. The van der Waals surface area contributed by atoms with Gasteiger partial charge in [0, 0.05) is 92.3 Å². The number of fused-ring (bicyclic) bond motifs is 3. The second-order valence-electron chi connectivity index (χ2n) is 22.4. The summed E-state index contributed by atoms with van der Waals surface area (Å²) in [4.78, 5) is 26.2. The molecular formula is C82H56N8. The second kappa shape index (κ2) is 23.2. The average molecular weight is 1150 g/mol. The summed E-state index contributed by atoms with van der Waals surface area (Å²) in [7, 11) is 0. The Labute approximate surface area is 521 Å². The molecule has 11 aromatic carbocycles. The van der Waals surface area contributed by atoms with Crippen molar-refractivity contribution < 1.29 is 0 Å². The van der Waals surface area contributed by atoms with Crippen molar-refractivity contribution in [2.24, 2.45) is 0 Å². The lowest BCUT2D eigenvalue weighted by Gasteiger charge is -2.26. The first kappa shape index (κ1) is 53.2. The van der Waals surface area contributed by atoms with Gasteiger partial charge in [0.1, 0.15) is 11.3 Å². The third-order valence-electron chi connectivity index (χ3n) is 16.8. The average Bonchev–Trinajstić information content (AvgIpc) is 1.02. The zero-order valence-corrected chi connectivity index (χ0v) is 48.9. The summed E-state index contributed by atoms with van der Waals surface area (Å²) in [6.07, 6.45) is 8.22. The van der Waals surface area contributed by atoms with E-state index < -0.39 is 0 Å². The number of aromatic nitrogens is 6. The minimum atomic E-state index is 0.769. The molecule has 0 bridgehead atoms. The summed E-state index contributed by atoms with van der Waals surface area (Å²) in [5.41, 5.74) is 25.6. The van der Waals surface area contributed by atoms with Gasteiger partial charge < -0.3 is 18.6 Å². The van der Waals surface area contributed by atoms with Crippen molar-refractivity contribution in [3.05, 3.63) is 340 Å². The lowest BCUT2D eigenvalue weighted by Crippen LogP contribution is -2.10.